The molecule has 2 aromatic carbocycles. The summed E-state index contributed by atoms with van der Waals surface area (Å²) in [5.41, 5.74) is 4.63. The van der Waals surface area contributed by atoms with Gasteiger partial charge in [0.25, 0.3) is 0 Å². The third kappa shape index (κ3) is 7.78. The summed E-state index contributed by atoms with van der Waals surface area (Å²) >= 11 is 0. The molecule has 7 heteroatoms. The summed E-state index contributed by atoms with van der Waals surface area (Å²) in [4.78, 5) is 16.5. The Labute approximate surface area is 234 Å². The van der Waals surface area contributed by atoms with Gasteiger partial charge in [0.1, 0.15) is 18.2 Å². The first kappa shape index (κ1) is 29.5. The number of aromatic nitrogens is 1. The van der Waals surface area contributed by atoms with Gasteiger partial charge in [-0.15, -0.1) is 0 Å². The molecule has 1 N–H and O–H groups in total. The maximum absolute atomic E-state index is 15.0. The first-order valence-corrected chi connectivity index (χ1v) is 15.8. The van der Waals surface area contributed by atoms with Crippen LogP contribution >= 0.6 is 8.15 Å². The molecule has 1 fully saturated rings. The van der Waals surface area contributed by atoms with Crippen molar-refractivity contribution in [3.05, 3.63) is 77.2 Å². The van der Waals surface area contributed by atoms with E-state index in [-0.39, 0.29) is 5.82 Å². The first-order valence-electron chi connectivity index (χ1n) is 13.9. The van der Waals surface area contributed by atoms with Gasteiger partial charge >= 0.3 is 0 Å². The van der Waals surface area contributed by atoms with Crippen LogP contribution in [-0.4, -0.2) is 46.8 Å². The Hall–Kier alpha value is -2.53. The SMILES string of the molecule is COc1cc(-c2ccc(COc3cccc([C@H](C[P@@](C)O)C4CC4)c3)cc2CN(C(C)C)C(C)C)c(F)cn1. The van der Waals surface area contributed by atoms with E-state index >= 15 is 0 Å². The molecule has 4 rings (SSSR count). The van der Waals surface area contributed by atoms with Crippen molar-refractivity contribution < 1.29 is 18.8 Å². The van der Waals surface area contributed by atoms with E-state index in [2.05, 4.69) is 55.8 Å². The van der Waals surface area contributed by atoms with Crippen LogP contribution in [0.2, 0.25) is 0 Å². The number of benzene rings is 2. The lowest BCUT2D eigenvalue weighted by Gasteiger charge is -2.31. The molecule has 39 heavy (non-hydrogen) atoms. The summed E-state index contributed by atoms with van der Waals surface area (Å²) in [5.74, 6) is 1.91. The van der Waals surface area contributed by atoms with Gasteiger partial charge in [-0.2, -0.15) is 0 Å². The van der Waals surface area contributed by atoms with Crippen molar-refractivity contribution in [1.82, 2.24) is 9.88 Å². The highest BCUT2D eigenvalue weighted by Crippen LogP contribution is 2.47. The van der Waals surface area contributed by atoms with Crippen LogP contribution in [0.4, 0.5) is 4.39 Å². The molecule has 1 saturated carbocycles. The van der Waals surface area contributed by atoms with Crippen LogP contribution in [-0.2, 0) is 13.2 Å². The minimum absolute atomic E-state index is 0.333. The number of methoxy groups -OCH3 is 1. The first-order chi connectivity index (χ1) is 18.7. The third-order valence-electron chi connectivity index (χ3n) is 7.52. The standard InChI is InChI=1S/C32H42FN2O3P/c1-21(2)35(22(3)4)18-26-14-23(10-13-28(26)29-16-32(37-5)34-17-31(29)33)19-38-27-9-7-8-25(15-27)30(20-39(6)36)24-11-12-24/h7-10,13-17,21-22,24,30,36H,11-12,18-20H2,1-6H3/t30-,39-/m1/s1. The quantitative estimate of drug-likeness (QED) is 0.221. The molecule has 1 aliphatic rings. The second-order valence-electron chi connectivity index (χ2n) is 11.2. The van der Waals surface area contributed by atoms with Gasteiger partial charge in [0.2, 0.25) is 5.88 Å². The molecule has 0 unspecified atom stereocenters. The van der Waals surface area contributed by atoms with Crippen LogP contribution in [0.15, 0.2) is 54.7 Å². The molecule has 2 atom stereocenters. The third-order valence-corrected chi connectivity index (χ3v) is 8.44. The number of hydrogen-bond acceptors (Lipinski definition) is 5. The molecule has 5 nitrogen and oxygen atoms in total. The zero-order valence-electron chi connectivity index (χ0n) is 24.0. The van der Waals surface area contributed by atoms with E-state index in [4.69, 9.17) is 9.47 Å². The van der Waals surface area contributed by atoms with E-state index in [1.807, 2.05) is 30.9 Å². The minimum Gasteiger partial charge on any atom is -0.489 e. The van der Waals surface area contributed by atoms with E-state index in [0.29, 0.717) is 48.5 Å². The summed E-state index contributed by atoms with van der Waals surface area (Å²) in [7, 11) is 0.598. The van der Waals surface area contributed by atoms with Gasteiger partial charge in [0.05, 0.1) is 13.3 Å². The van der Waals surface area contributed by atoms with Gasteiger partial charge in [0.15, 0.2) is 0 Å². The predicted molar refractivity (Wildman–Crippen MR) is 158 cm³/mol. The summed E-state index contributed by atoms with van der Waals surface area (Å²) in [6, 6.07) is 16.8. The van der Waals surface area contributed by atoms with Crippen LogP contribution in [0.1, 0.15) is 63.1 Å². The lowest BCUT2D eigenvalue weighted by atomic mass is 9.96. The highest BCUT2D eigenvalue weighted by atomic mass is 31.1. The van der Waals surface area contributed by atoms with E-state index in [9.17, 15) is 9.28 Å². The van der Waals surface area contributed by atoms with Crippen molar-refractivity contribution in [2.24, 2.45) is 5.92 Å². The fourth-order valence-electron chi connectivity index (χ4n) is 5.34. The van der Waals surface area contributed by atoms with Gasteiger partial charge < -0.3 is 14.4 Å². The van der Waals surface area contributed by atoms with Gasteiger partial charge in [0, 0.05) is 38.4 Å². The Balaban J connectivity index is 1.61. The number of hydrogen-bond donors (Lipinski definition) is 1. The van der Waals surface area contributed by atoms with Crippen LogP contribution in [0, 0.1) is 11.7 Å². The van der Waals surface area contributed by atoms with E-state index < -0.39 is 8.15 Å². The van der Waals surface area contributed by atoms with Gasteiger partial charge in [-0.3, -0.25) is 4.90 Å². The number of pyridine rings is 1. The van der Waals surface area contributed by atoms with Crippen molar-refractivity contribution in [3.8, 4) is 22.8 Å². The lowest BCUT2D eigenvalue weighted by molar-refractivity contribution is 0.166. The molecule has 0 spiro atoms. The van der Waals surface area contributed by atoms with Gasteiger partial charge in [-0.05, 0) is 99.6 Å². The van der Waals surface area contributed by atoms with Crippen molar-refractivity contribution in [3.63, 3.8) is 0 Å². The fourth-order valence-corrected chi connectivity index (χ4v) is 6.42. The Bertz CT molecular complexity index is 1240. The second-order valence-corrected chi connectivity index (χ2v) is 12.9. The minimum atomic E-state index is -0.942. The van der Waals surface area contributed by atoms with Crippen molar-refractivity contribution in [1.29, 1.82) is 0 Å². The molecule has 1 aliphatic carbocycles. The monoisotopic (exact) mass is 552 g/mol. The van der Waals surface area contributed by atoms with E-state index in [1.54, 1.807) is 6.07 Å². The zero-order valence-corrected chi connectivity index (χ0v) is 24.9. The summed E-state index contributed by atoms with van der Waals surface area (Å²) < 4.78 is 26.5. The molecule has 0 aliphatic heterocycles. The molecule has 0 saturated heterocycles. The molecule has 0 amide bonds. The average Bonchev–Trinajstić information content (AvgIpc) is 3.75. The van der Waals surface area contributed by atoms with Crippen LogP contribution in [0.5, 0.6) is 11.6 Å². The van der Waals surface area contributed by atoms with Gasteiger partial charge in [-0.1, -0.05) is 30.3 Å². The fraction of sp³-hybridized carbons (Fsp3) is 0.469. The molecule has 1 heterocycles. The second kappa shape index (κ2) is 13.2. The van der Waals surface area contributed by atoms with E-state index in [1.165, 1.54) is 31.7 Å². The average molecular weight is 553 g/mol. The molecule has 0 bridgehead atoms. The molecule has 210 valence electrons. The summed E-state index contributed by atoms with van der Waals surface area (Å²) in [5, 5.41) is 0. The highest BCUT2D eigenvalue weighted by molar-refractivity contribution is 7.50. The van der Waals surface area contributed by atoms with Gasteiger partial charge in [-0.25, -0.2) is 9.37 Å². The lowest BCUT2D eigenvalue weighted by Crippen LogP contribution is -2.36. The topological polar surface area (TPSA) is 54.8 Å². The Morgan fingerprint density at radius 1 is 1.05 bits per heavy atom. The van der Waals surface area contributed by atoms with Crippen molar-refractivity contribution >= 4 is 8.15 Å². The molecule has 0 radical (unpaired) electrons. The Morgan fingerprint density at radius 2 is 1.79 bits per heavy atom. The number of ether oxygens (including phenoxy) is 2. The van der Waals surface area contributed by atoms with Crippen LogP contribution < -0.4 is 9.47 Å². The summed E-state index contributed by atoms with van der Waals surface area (Å²) in [6.45, 7) is 11.8. The van der Waals surface area contributed by atoms with Crippen molar-refractivity contribution in [2.75, 3.05) is 19.9 Å². The van der Waals surface area contributed by atoms with Crippen LogP contribution in [0.25, 0.3) is 11.1 Å². The number of halogens is 1. The van der Waals surface area contributed by atoms with Crippen LogP contribution in [0.3, 0.4) is 0 Å². The normalized spacial score (nSPS) is 15.2. The Kier molecular flexibility index (Phi) is 9.98. The molecular weight excluding hydrogens is 510 g/mol. The maximum atomic E-state index is 15.0. The Morgan fingerprint density at radius 3 is 2.44 bits per heavy atom. The highest BCUT2D eigenvalue weighted by Gasteiger charge is 2.33. The van der Waals surface area contributed by atoms with E-state index in [0.717, 1.165) is 28.6 Å². The molecular formula is C32H42FN2O3P. The largest absolute Gasteiger partial charge is 0.489 e. The number of nitrogens with zero attached hydrogens (tertiary/aromatic N) is 2. The summed E-state index contributed by atoms with van der Waals surface area (Å²) in [6.07, 6.45) is 4.54. The molecule has 3 aromatic rings. The maximum Gasteiger partial charge on any atom is 0.213 e. The smallest absolute Gasteiger partial charge is 0.213 e. The zero-order chi connectivity index (χ0) is 28.1. The predicted octanol–water partition coefficient (Wildman–Crippen LogP) is 7.61. The molecule has 1 aromatic heterocycles. The number of rotatable bonds is 13. The van der Waals surface area contributed by atoms with Crippen molar-refractivity contribution in [2.45, 2.75) is 71.7 Å².